The van der Waals surface area contributed by atoms with Crippen LogP contribution in [0.25, 0.3) is 17.2 Å². The predicted octanol–water partition coefficient (Wildman–Crippen LogP) is 5.27. The van der Waals surface area contributed by atoms with E-state index >= 15 is 0 Å². The maximum absolute atomic E-state index is 13.6. The number of phenols is 1. The Bertz CT molecular complexity index is 1480. The highest BCUT2D eigenvalue weighted by Gasteiger charge is 2.32. The molecule has 1 aliphatic heterocycles. The fourth-order valence-corrected chi connectivity index (χ4v) is 4.86. The van der Waals surface area contributed by atoms with Crippen molar-refractivity contribution in [2.75, 3.05) is 11.9 Å². The van der Waals surface area contributed by atoms with Crippen LogP contribution in [0, 0.1) is 11.6 Å². The monoisotopic (exact) mass is 540 g/mol. The second-order valence-corrected chi connectivity index (χ2v) is 9.60. The molecule has 0 aliphatic carbocycles. The molecule has 0 aromatic heterocycles. The number of hydrogen-bond acceptors (Lipinski definition) is 6. The van der Waals surface area contributed by atoms with E-state index in [-0.39, 0.29) is 34.4 Å². The molecule has 0 spiro atoms. The molecule has 1 fully saturated rings. The number of carboxylic acid groups (broad SMARTS) is 1. The molecule has 0 saturated carbocycles. The summed E-state index contributed by atoms with van der Waals surface area (Å²) in [5.74, 6) is -4.51. The zero-order valence-electron chi connectivity index (χ0n) is 18.9. The number of aromatic hydroxyl groups is 1. The molecule has 4 rings (SSSR count). The van der Waals surface area contributed by atoms with E-state index in [9.17, 15) is 28.3 Å². The Morgan fingerprint density at radius 1 is 1.03 bits per heavy atom. The van der Waals surface area contributed by atoms with Crippen molar-refractivity contribution in [1.82, 2.24) is 4.90 Å². The van der Waals surface area contributed by atoms with Gasteiger partial charge in [0.05, 0.1) is 4.91 Å². The average molecular weight is 541 g/mol. The summed E-state index contributed by atoms with van der Waals surface area (Å²) in [6.07, 6.45) is 1.54. The molecule has 1 heterocycles. The van der Waals surface area contributed by atoms with E-state index in [0.29, 0.717) is 21.6 Å². The van der Waals surface area contributed by atoms with Crippen molar-refractivity contribution in [3.05, 3.63) is 88.3 Å². The Labute approximate surface area is 219 Å². The minimum absolute atomic E-state index is 0.0158. The van der Waals surface area contributed by atoms with Gasteiger partial charge in [0.25, 0.3) is 5.91 Å². The molecule has 0 radical (unpaired) electrons. The smallest absolute Gasteiger partial charge is 0.339 e. The van der Waals surface area contributed by atoms with Crippen LogP contribution in [0.2, 0.25) is 0 Å². The first-order chi connectivity index (χ1) is 17.6. The van der Waals surface area contributed by atoms with E-state index in [1.807, 2.05) is 0 Å². The Kier molecular flexibility index (Phi) is 7.65. The summed E-state index contributed by atoms with van der Waals surface area (Å²) in [5.41, 5.74) is 1.70. The van der Waals surface area contributed by atoms with Crippen LogP contribution in [-0.4, -0.2) is 43.8 Å². The molecule has 188 valence electrons. The molecule has 1 aliphatic rings. The molecule has 3 aromatic carbocycles. The SMILES string of the molecule is O=C(CCN1C(=O)C(=Cc2cccc(-c3ccc(F)c(F)c3)c2)SC1=S)Nc1ccc(C(=O)O)c(O)c1. The van der Waals surface area contributed by atoms with E-state index in [4.69, 9.17) is 17.3 Å². The number of thiocarbonyl (C=S) groups is 1. The van der Waals surface area contributed by atoms with Crippen molar-refractivity contribution >= 4 is 57.8 Å². The quantitative estimate of drug-likeness (QED) is 0.277. The van der Waals surface area contributed by atoms with Gasteiger partial charge in [-0.2, -0.15) is 0 Å². The number of amides is 2. The molecule has 0 bridgehead atoms. The van der Waals surface area contributed by atoms with Gasteiger partial charge in [0.2, 0.25) is 5.91 Å². The molecule has 2 amide bonds. The zero-order chi connectivity index (χ0) is 26.7. The topological polar surface area (TPSA) is 107 Å². The third-order valence-corrected chi connectivity index (χ3v) is 6.76. The summed E-state index contributed by atoms with van der Waals surface area (Å²) in [6, 6.07) is 14.2. The Balaban J connectivity index is 1.41. The molecule has 3 N–H and O–H groups in total. The first kappa shape index (κ1) is 26.0. The minimum atomic E-state index is -1.30. The highest BCUT2D eigenvalue weighted by atomic mass is 32.2. The van der Waals surface area contributed by atoms with Crippen LogP contribution in [0.5, 0.6) is 5.75 Å². The van der Waals surface area contributed by atoms with Crippen LogP contribution in [0.4, 0.5) is 14.5 Å². The fourth-order valence-electron chi connectivity index (χ4n) is 3.55. The van der Waals surface area contributed by atoms with Gasteiger partial charge in [0.15, 0.2) is 11.6 Å². The van der Waals surface area contributed by atoms with Crippen LogP contribution < -0.4 is 5.32 Å². The van der Waals surface area contributed by atoms with Crippen molar-refractivity contribution in [2.45, 2.75) is 6.42 Å². The lowest BCUT2D eigenvalue weighted by molar-refractivity contribution is -0.122. The van der Waals surface area contributed by atoms with E-state index in [2.05, 4.69) is 5.32 Å². The normalized spacial score (nSPS) is 14.3. The number of carbonyl (C=O) groups is 3. The third-order valence-electron chi connectivity index (χ3n) is 5.39. The molecule has 11 heteroatoms. The van der Waals surface area contributed by atoms with Crippen molar-refractivity contribution in [2.24, 2.45) is 0 Å². The summed E-state index contributed by atoms with van der Waals surface area (Å²) in [4.78, 5) is 37.9. The van der Waals surface area contributed by atoms with E-state index < -0.39 is 29.3 Å². The largest absolute Gasteiger partial charge is 0.507 e. The summed E-state index contributed by atoms with van der Waals surface area (Å²) >= 11 is 6.39. The lowest BCUT2D eigenvalue weighted by Crippen LogP contribution is -2.31. The highest BCUT2D eigenvalue weighted by Crippen LogP contribution is 2.33. The van der Waals surface area contributed by atoms with Crippen LogP contribution in [0.15, 0.2) is 65.6 Å². The Hall–Kier alpha value is -4.09. The first-order valence-corrected chi connectivity index (χ1v) is 12.0. The van der Waals surface area contributed by atoms with Crippen LogP contribution >= 0.6 is 24.0 Å². The molecule has 37 heavy (non-hydrogen) atoms. The molecule has 1 saturated heterocycles. The van der Waals surface area contributed by atoms with Gasteiger partial charge in [-0.3, -0.25) is 14.5 Å². The van der Waals surface area contributed by atoms with E-state index in [1.165, 1.54) is 23.1 Å². The van der Waals surface area contributed by atoms with Gasteiger partial charge >= 0.3 is 5.97 Å². The van der Waals surface area contributed by atoms with Gasteiger partial charge in [-0.25, -0.2) is 13.6 Å². The summed E-state index contributed by atoms with van der Waals surface area (Å²) in [5, 5.41) is 21.3. The summed E-state index contributed by atoms with van der Waals surface area (Å²) in [6.45, 7) is 0.0158. The number of aromatic carboxylic acids is 1. The average Bonchev–Trinajstić information content (AvgIpc) is 3.11. The van der Waals surface area contributed by atoms with Crippen LogP contribution in [0.3, 0.4) is 0 Å². The van der Waals surface area contributed by atoms with Gasteiger partial charge in [-0.15, -0.1) is 0 Å². The second-order valence-electron chi connectivity index (χ2n) is 7.92. The fraction of sp³-hybridized carbons (Fsp3) is 0.0769. The van der Waals surface area contributed by atoms with E-state index in [0.717, 1.165) is 30.0 Å². The lowest BCUT2D eigenvalue weighted by atomic mass is 10.0. The number of nitrogens with zero attached hydrogens (tertiary/aromatic N) is 1. The molecular formula is C26H18F2N2O5S2. The third kappa shape index (κ3) is 6.01. The minimum Gasteiger partial charge on any atom is -0.507 e. The summed E-state index contributed by atoms with van der Waals surface area (Å²) in [7, 11) is 0. The van der Waals surface area contributed by atoms with E-state index in [1.54, 1.807) is 30.3 Å². The number of hydrogen-bond donors (Lipinski definition) is 3. The Morgan fingerprint density at radius 2 is 1.78 bits per heavy atom. The number of carbonyl (C=O) groups excluding carboxylic acids is 2. The number of nitrogens with one attached hydrogen (secondary N) is 1. The van der Waals surface area contributed by atoms with Gasteiger partial charge in [0.1, 0.15) is 15.6 Å². The number of halogens is 2. The number of benzene rings is 3. The van der Waals surface area contributed by atoms with Crippen molar-refractivity contribution in [1.29, 1.82) is 0 Å². The molecular weight excluding hydrogens is 522 g/mol. The zero-order valence-corrected chi connectivity index (χ0v) is 20.5. The van der Waals surface area contributed by atoms with Gasteiger partial charge < -0.3 is 15.5 Å². The predicted molar refractivity (Wildman–Crippen MR) is 140 cm³/mol. The standard InChI is InChI=1S/C26H18F2N2O5S2/c27-19-7-4-16(12-20(19)28)15-3-1-2-14(10-15)11-22-24(33)30(26(36)37-22)9-8-23(32)29-17-5-6-18(25(34)35)21(31)13-17/h1-7,10-13,31H,8-9H2,(H,29,32)(H,34,35). The summed E-state index contributed by atoms with van der Waals surface area (Å²) < 4.78 is 27.2. The van der Waals surface area contributed by atoms with Crippen LogP contribution in [-0.2, 0) is 9.59 Å². The maximum atomic E-state index is 13.6. The number of rotatable bonds is 7. The molecule has 0 unspecified atom stereocenters. The number of anilines is 1. The molecule has 3 aromatic rings. The highest BCUT2D eigenvalue weighted by molar-refractivity contribution is 8.26. The van der Waals surface area contributed by atoms with Crippen molar-refractivity contribution < 1.29 is 33.4 Å². The first-order valence-electron chi connectivity index (χ1n) is 10.8. The second kappa shape index (κ2) is 10.9. The van der Waals surface area contributed by atoms with Crippen LogP contribution in [0.1, 0.15) is 22.3 Å². The van der Waals surface area contributed by atoms with Gasteiger partial charge in [-0.1, -0.05) is 48.2 Å². The lowest BCUT2D eigenvalue weighted by Gasteiger charge is -2.14. The van der Waals surface area contributed by atoms with Gasteiger partial charge in [-0.05, 0) is 53.1 Å². The van der Waals surface area contributed by atoms with Gasteiger partial charge in [0, 0.05) is 24.7 Å². The Morgan fingerprint density at radius 3 is 2.49 bits per heavy atom. The van der Waals surface area contributed by atoms with Crippen molar-refractivity contribution in [3.8, 4) is 16.9 Å². The maximum Gasteiger partial charge on any atom is 0.339 e. The number of carboxylic acids is 1. The molecule has 7 nitrogen and oxygen atoms in total. The van der Waals surface area contributed by atoms with Crippen molar-refractivity contribution in [3.63, 3.8) is 0 Å². The number of thioether (sulfide) groups is 1. The molecule has 0 atom stereocenters.